The summed E-state index contributed by atoms with van der Waals surface area (Å²) in [5.41, 5.74) is 1.78. The second-order valence-electron chi connectivity index (χ2n) is 10.5. The lowest BCUT2D eigenvalue weighted by atomic mass is 10.0. The first-order valence-electron chi connectivity index (χ1n) is 12.8. The van der Waals surface area contributed by atoms with Crippen LogP contribution in [0.3, 0.4) is 0 Å². The molecule has 0 radical (unpaired) electrons. The van der Waals surface area contributed by atoms with Gasteiger partial charge in [-0.15, -0.1) is 0 Å². The number of hydrogen-bond donors (Lipinski definition) is 0. The van der Waals surface area contributed by atoms with E-state index in [9.17, 15) is 13.8 Å². The van der Waals surface area contributed by atoms with Crippen molar-refractivity contribution in [1.29, 1.82) is 0 Å². The van der Waals surface area contributed by atoms with Crippen LogP contribution in [0.1, 0.15) is 37.6 Å². The first kappa shape index (κ1) is 28.3. The van der Waals surface area contributed by atoms with Gasteiger partial charge >= 0.3 is 12.2 Å². The number of nitrogens with zero attached hydrogens (tertiary/aromatic N) is 6. The molecule has 2 amide bonds. The zero-order valence-electron chi connectivity index (χ0n) is 22.8. The first-order valence-corrected chi connectivity index (χ1v) is 14.4. The standard InChI is InChI=1S/C27H34N6O5S/c1-27(2,3)38-25(34)32-12-11-21-22(17-32)29-24(39(5)36)30-23(21)31-13-14-33(20(16-31)15-28-4)26(35)37-18-19-9-7-6-8-10-19/h6-10,20H,11-18H2,1-3,5H3. The largest absolute Gasteiger partial charge is 0.445 e. The molecule has 2 atom stereocenters. The van der Waals surface area contributed by atoms with Gasteiger partial charge in [0.15, 0.2) is 0 Å². The lowest BCUT2D eigenvalue weighted by molar-refractivity contribution is 0.0220. The van der Waals surface area contributed by atoms with Crippen LogP contribution in [0.25, 0.3) is 4.85 Å². The Bertz CT molecular complexity index is 1280. The van der Waals surface area contributed by atoms with Crippen LogP contribution in [0.5, 0.6) is 0 Å². The normalized spacial score (nSPS) is 18.1. The molecule has 2 aromatic rings. The summed E-state index contributed by atoms with van der Waals surface area (Å²) < 4.78 is 23.5. The summed E-state index contributed by atoms with van der Waals surface area (Å²) >= 11 is 0. The predicted molar refractivity (Wildman–Crippen MR) is 146 cm³/mol. The number of carbonyl (C=O) groups excluding carboxylic acids is 2. The summed E-state index contributed by atoms with van der Waals surface area (Å²) in [6.07, 6.45) is 1.14. The zero-order valence-corrected chi connectivity index (χ0v) is 23.6. The Hall–Kier alpha value is -3.72. The molecule has 0 spiro atoms. The lowest BCUT2D eigenvalue weighted by Gasteiger charge is -2.40. The van der Waals surface area contributed by atoms with Crippen molar-refractivity contribution in [2.24, 2.45) is 0 Å². The van der Waals surface area contributed by atoms with Gasteiger partial charge in [-0.05, 0) is 32.8 Å². The van der Waals surface area contributed by atoms with Crippen LogP contribution in [0.15, 0.2) is 35.5 Å². The molecule has 4 rings (SSSR count). The molecule has 0 saturated carbocycles. The Morgan fingerprint density at radius 2 is 1.87 bits per heavy atom. The van der Waals surface area contributed by atoms with Crippen molar-refractivity contribution in [3.8, 4) is 0 Å². The van der Waals surface area contributed by atoms with Gasteiger partial charge in [0.25, 0.3) is 0 Å². The van der Waals surface area contributed by atoms with Crippen molar-refractivity contribution >= 4 is 28.8 Å². The van der Waals surface area contributed by atoms with Gasteiger partial charge < -0.3 is 24.1 Å². The maximum atomic E-state index is 12.9. The molecule has 0 N–H and O–H groups in total. The smallest absolute Gasteiger partial charge is 0.410 e. The molecular formula is C27H34N6O5S. The van der Waals surface area contributed by atoms with E-state index < -0.39 is 34.6 Å². The van der Waals surface area contributed by atoms with Gasteiger partial charge in [0.05, 0.1) is 23.0 Å². The highest BCUT2D eigenvalue weighted by Gasteiger charge is 2.37. The summed E-state index contributed by atoms with van der Waals surface area (Å²) in [7, 11) is -1.44. The summed E-state index contributed by atoms with van der Waals surface area (Å²) in [5.74, 6) is 0.640. The highest BCUT2D eigenvalue weighted by molar-refractivity contribution is 7.84. The molecule has 1 aromatic carbocycles. The maximum Gasteiger partial charge on any atom is 0.410 e. The number of rotatable bonds is 5. The van der Waals surface area contributed by atoms with Gasteiger partial charge in [0.2, 0.25) is 11.7 Å². The molecule has 2 aliphatic heterocycles. The molecule has 11 nitrogen and oxygen atoms in total. The van der Waals surface area contributed by atoms with Crippen molar-refractivity contribution in [3.05, 3.63) is 58.6 Å². The van der Waals surface area contributed by atoms with Crippen LogP contribution in [0.4, 0.5) is 15.4 Å². The van der Waals surface area contributed by atoms with E-state index in [0.717, 1.165) is 11.1 Å². The number of fused-ring (bicyclic) bond motifs is 1. The Morgan fingerprint density at radius 3 is 2.54 bits per heavy atom. The minimum atomic E-state index is -1.44. The Morgan fingerprint density at radius 1 is 1.13 bits per heavy atom. The minimum Gasteiger partial charge on any atom is -0.445 e. The van der Waals surface area contributed by atoms with Crippen LogP contribution >= 0.6 is 0 Å². The molecule has 0 bridgehead atoms. The van der Waals surface area contributed by atoms with Gasteiger partial charge in [-0.3, -0.25) is 9.11 Å². The zero-order chi connectivity index (χ0) is 28.2. The number of hydrogen-bond acceptors (Lipinski definition) is 8. The fourth-order valence-electron chi connectivity index (χ4n) is 4.61. The third-order valence-corrected chi connectivity index (χ3v) is 7.15. The highest BCUT2D eigenvalue weighted by atomic mass is 32.2. The first-order chi connectivity index (χ1) is 18.6. The third kappa shape index (κ3) is 7.03. The topological polar surface area (TPSA) is 110 Å². The molecule has 39 heavy (non-hydrogen) atoms. The van der Waals surface area contributed by atoms with Crippen molar-refractivity contribution < 1.29 is 23.3 Å². The van der Waals surface area contributed by atoms with Gasteiger partial charge in [0.1, 0.15) is 24.1 Å². The molecule has 0 aliphatic carbocycles. The molecule has 1 aromatic heterocycles. The molecule has 208 valence electrons. The van der Waals surface area contributed by atoms with Gasteiger partial charge in [-0.2, -0.15) is 0 Å². The number of amides is 2. The minimum absolute atomic E-state index is 0.114. The molecular weight excluding hydrogens is 520 g/mol. The van der Waals surface area contributed by atoms with Crippen LogP contribution in [-0.4, -0.2) is 86.8 Å². The van der Waals surface area contributed by atoms with Gasteiger partial charge in [0, 0.05) is 38.0 Å². The number of aromatic nitrogens is 2. The fraction of sp³-hybridized carbons (Fsp3) is 0.519. The Labute approximate surface area is 231 Å². The van der Waals surface area contributed by atoms with E-state index in [-0.39, 0.29) is 24.9 Å². The number of piperazine rings is 1. The van der Waals surface area contributed by atoms with Crippen LogP contribution < -0.4 is 4.90 Å². The quantitative estimate of drug-likeness (QED) is 0.409. The van der Waals surface area contributed by atoms with Crippen LogP contribution in [0.2, 0.25) is 0 Å². The third-order valence-electron chi connectivity index (χ3n) is 6.46. The SMILES string of the molecule is [C-]#[N+]CC1CN(c2nc(S(C)=O)nc3c2CCN(C(=O)OC(C)(C)C)C3)CCN1C(=O)OCc1ccccc1. The number of ether oxygens (including phenoxy) is 2. The molecule has 2 aliphatic rings. The van der Waals surface area contributed by atoms with Crippen molar-refractivity contribution in [2.45, 2.75) is 57.1 Å². The van der Waals surface area contributed by atoms with E-state index in [0.29, 0.717) is 44.1 Å². The lowest BCUT2D eigenvalue weighted by Crippen LogP contribution is -2.57. The van der Waals surface area contributed by atoms with E-state index in [1.807, 2.05) is 56.0 Å². The van der Waals surface area contributed by atoms with Crippen molar-refractivity contribution in [3.63, 3.8) is 0 Å². The Kier molecular flexibility index (Phi) is 8.70. The van der Waals surface area contributed by atoms with Gasteiger partial charge in [-0.25, -0.2) is 26.1 Å². The average Bonchev–Trinajstić information content (AvgIpc) is 2.90. The summed E-state index contributed by atoms with van der Waals surface area (Å²) in [6.45, 7) is 15.0. The number of carbonyl (C=O) groups is 2. The summed E-state index contributed by atoms with van der Waals surface area (Å²) in [4.78, 5) is 43.6. The van der Waals surface area contributed by atoms with E-state index in [1.165, 1.54) is 6.26 Å². The Balaban J connectivity index is 1.53. The number of benzene rings is 1. The molecule has 12 heteroatoms. The number of anilines is 1. The second-order valence-corrected chi connectivity index (χ2v) is 11.8. The van der Waals surface area contributed by atoms with Gasteiger partial charge in [-0.1, -0.05) is 30.3 Å². The fourth-order valence-corrected chi connectivity index (χ4v) is 5.07. The second kappa shape index (κ2) is 12.0. The van der Waals surface area contributed by atoms with Crippen LogP contribution in [0, 0.1) is 6.57 Å². The average molecular weight is 555 g/mol. The van der Waals surface area contributed by atoms with E-state index in [2.05, 4.69) is 14.8 Å². The molecule has 2 unspecified atom stereocenters. The van der Waals surface area contributed by atoms with E-state index in [4.69, 9.17) is 16.0 Å². The molecule has 3 heterocycles. The van der Waals surface area contributed by atoms with E-state index >= 15 is 0 Å². The highest BCUT2D eigenvalue weighted by Crippen LogP contribution is 2.30. The van der Waals surface area contributed by atoms with Crippen molar-refractivity contribution in [1.82, 2.24) is 19.8 Å². The maximum absolute atomic E-state index is 12.9. The predicted octanol–water partition coefficient (Wildman–Crippen LogP) is 3.25. The van der Waals surface area contributed by atoms with Crippen molar-refractivity contribution in [2.75, 3.05) is 43.9 Å². The molecule has 1 saturated heterocycles. The monoisotopic (exact) mass is 554 g/mol. The molecule has 1 fully saturated rings. The summed E-state index contributed by atoms with van der Waals surface area (Å²) in [6, 6.07) is 9.05. The van der Waals surface area contributed by atoms with Crippen LogP contribution in [-0.2, 0) is 39.8 Å². The van der Waals surface area contributed by atoms with E-state index in [1.54, 1.807) is 9.80 Å². The summed E-state index contributed by atoms with van der Waals surface area (Å²) in [5, 5.41) is 0.182.